The molecule has 0 saturated carbocycles. The van der Waals surface area contributed by atoms with Crippen molar-refractivity contribution in [2.75, 3.05) is 18.9 Å². The minimum atomic E-state index is -3.51. The van der Waals surface area contributed by atoms with Crippen LogP contribution in [0.3, 0.4) is 0 Å². The van der Waals surface area contributed by atoms with Crippen LogP contribution in [0.4, 0.5) is 8.78 Å². The van der Waals surface area contributed by atoms with E-state index in [1.54, 1.807) is 18.2 Å². The van der Waals surface area contributed by atoms with Crippen molar-refractivity contribution in [1.29, 1.82) is 0 Å². The van der Waals surface area contributed by atoms with Gasteiger partial charge in [0.25, 0.3) is 0 Å². The van der Waals surface area contributed by atoms with Gasteiger partial charge in [0, 0.05) is 6.54 Å². The minimum absolute atomic E-state index is 0.0549. The van der Waals surface area contributed by atoms with Crippen LogP contribution in [0.1, 0.15) is 5.56 Å². The van der Waals surface area contributed by atoms with E-state index in [1.807, 2.05) is 0 Å². The fourth-order valence-electron chi connectivity index (χ4n) is 1.91. The number of hydrogen-bond donors (Lipinski definition) is 1. The van der Waals surface area contributed by atoms with Gasteiger partial charge < -0.3 is 4.74 Å². The smallest absolute Gasteiger partial charge is 0.214 e. The second kappa shape index (κ2) is 8.03. The Balaban J connectivity index is 1.74. The molecule has 0 unspecified atom stereocenters. The Morgan fingerprint density at radius 3 is 2.39 bits per heavy atom. The maximum absolute atomic E-state index is 13.4. The Morgan fingerprint density at radius 1 is 1.00 bits per heavy atom. The molecule has 0 saturated heterocycles. The summed E-state index contributed by atoms with van der Waals surface area (Å²) in [7, 11) is -3.51. The van der Waals surface area contributed by atoms with Crippen LogP contribution in [0.25, 0.3) is 0 Å². The fourth-order valence-corrected chi connectivity index (χ4v) is 2.77. The summed E-state index contributed by atoms with van der Waals surface area (Å²) < 4.78 is 57.4. The predicted octanol–water partition coefficient (Wildman–Crippen LogP) is 2.51. The standard InChI is InChI=1S/C16H17F2NO3S/c17-14-5-7-15(8-6-14)22-11-12-23(20,21)19-10-9-13-3-1-2-4-16(13)18/h1-8,19H,9-12H2. The number of benzene rings is 2. The molecule has 0 fully saturated rings. The van der Waals surface area contributed by atoms with Gasteiger partial charge in [-0.05, 0) is 42.3 Å². The molecule has 23 heavy (non-hydrogen) atoms. The molecule has 124 valence electrons. The Hall–Kier alpha value is -1.99. The summed E-state index contributed by atoms with van der Waals surface area (Å²) in [6.07, 6.45) is 0.269. The van der Waals surface area contributed by atoms with E-state index in [4.69, 9.17) is 4.74 Å². The quantitative estimate of drug-likeness (QED) is 0.803. The van der Waals surface area contributed by atoms with E-state index in [2.05, 4.69) is 4.72 Å². The van der Waals surface area contributed by atoms with Crippen molar-refractivity contribution in [3.63, 3.8) is 0 Å². The van der Waals surface area contributed by atoms with Crippen LogP contribution in [-0.2, 0) is 16.4 Å². The number of sulfonamides is 1. The first kappa shape index (κ1) is 17.4. The van der Waals surface area contributed by atoms with Crippen molar-refractivity contribution in [2.45, 2.75) is 6.42 Å². The minimum Gasteiger partial charge on any atom is -0.492 e. The molecule has 7 heteroatoms. The van der Waals surface area contributed by atoms with E-state index in [0.717, 1.165) is 0 Å². The monoisotopic (exact) mass is 341 g/mol. The second-order valence-electron chi connectivity index (χ2n) is 4.86. The third-order valence-corrected chi connectivity index (χ3v) is 4.46. The lowest BCUT2D eigenvalue weighted by Crippen LogP contribution is -2.30. The predicted molar refractivity (Wildman–Crippen MR) is 83.8 cm³/mol. The first-order valence-corrected chi connectivity index (χ1v) is 8.70. The lowest BCUT2D eigenvalue weighted by atomic mass is 10.1. The average molecular weight is 341 g/mol. The van der Waals surface area contributed by atoms with Crippen molar-refractivity contribution < 1.29 is 21.9 Å². The molecule has 0 radical (unpaired) electrons. The van der Waals surface area contributed by atoms with Crippen LogP contribution in [0.15, 0.2) is 48.5 Å². The van der Waals surface area contributed by atoms with Crippen molar-refractivity contribution in [1.82, 2.24) is 4.72 Å². The van der Waals surface area contributed by atoms with Gasteiger partial charge >= 0.3 is 0 Å². The third-order valence-electron chi connectivity index (χ3n) is 3.11. The molecule has 2 aromatic rings. The number of rotatable bonds is 8. The summed E-state index contributed by atoms with van der Waals surface area (Å²) in [5, 5.41) is 0. The average Bonchev–Trinajstić information content (AvgIpc) is 2.51. The van der Waals surface area contributed by atoms with Crippen LogP contribution < -0.4 is 9.46 Å². The first-order valence-electron chi connectivity index (χ1n) is 7.05. The molecule has 0 aromatic heterocycles. The Labute approximate surface area is 134 Å². The Kier molecular flexibility index (Phi) is 6.06. The summed E-state index contributed by atoms with van der Waals surface area (Å²) in [6, 6.07) is 11.5. The first-order chi connectivity index (χ1) is 11.0. The molecule has 0 bridgehead atoms. The van der Waals surface area contributed by atoms with E-state index in [1.165, 1.54) is 30.3 Å². The zero-order valence-electron chi connectivity index (χ0n) is 12.3. The van der Waals surface area contributed by atoms with Crippen molar-refractivity contribution in [3.8, 4) is 5.75 Å². The van der Waals surface area contributed by atoms with Crippen molar-refractivity contribution in [2.24, 2.45) is 0 Å². The number of hydrogen-bond acceptors (Lipinski definition) is 3. The molecular weight excluding hydrogens is 324 g/mol. The molecule has 0 aliphatic heterocycles. The summed E-state index contributed by atoms with van der Waals surface area (Å²) >= 11 is 0. The molecule has 0 atom stereocenters. The Bertz CT molecular complexity index is 733. The molecule has 4 nitrogen and oxygen atoms in total. The molecule has 0 heterocycles. The highest BCUT2D eigenvalue weighted by atomic mass is 32.2. The van der Waals surface area contributed by atoms with Crippen molar-refractivity contribution >= 4 is 10.0 Å². The van der Waals surface area contributed by atoms with E-state index in [0.29, 0.717) is 11.3 Å². The molecule has 0 spiro atoms. The number of halogens is 2. The zero-order valence-corrected chi connectivity index (χ0v) is 13.2. The lowest BCUT2D eigenvalue weighted by molar-refractivity contribution is 0.339. The van der Waals surface area contributed by atoms with Crippen LogP contribution in [0, 0.1) is 11.6 Å². The largest absolute Gasteiger partial charge is 0.492 e. The summed E-state index contributed by atoms with van der Waals surface area (Å²) in [5.74, 6) is -0.583. The van der Waals surface area contributed by atoms with Gasteiger partial charge in [-0.15, -0.1) is 0 Å². The summed E-state index contributed by atoms with van der Waals surface area (Å²) in [4.78, 5) is 0. The highest BCUT2D eigenvalue weighted by Crippen LogP contribution is 2.11. The van der Waals surface area contributed by atoms with E-state index < -0.39 is 10.0 Å². The summed E-state index contributed by atoms with van der Waals surface area (Å²) in [6.45, 7) is 0.0560. The SMILES string of the molecule is O=S(=O)(CCOc1ccc(F)cc1)NCCc1ccccc1F. The van der Waals surface area contributed by atoms with Gasteiger partial charge in [-0.2, -0.15) is 0 Å². The Morgan fingerprint density at radius 2 is 1.70 bits per heavy atom. The maximum Gasteiger partial charge on any atom is 0.214 e. The highest BCUT2D eigenvalue weighted by Gasteiger charge is 2.10. The van der Waals surface area contributed by atoms with Gasteiger partial charge in [-0.3, -0.25) is 0 Å². The molecule has 2 rings (SSSR count). The van der Waals surface area contributed by atoms with Gasteiger partial charge in [0.15, 0.2) is 0 Å². The van der Waals surface area contributed by atoms with Gasteiger partial charge in [-0.1, -0.05) is 18.2 Å². The van der Waals surface area contributed by atoms with E-state index >= 15 is 0 Å². The normalized spacial score (nSPS) is 11.4. The molecular formula is C16H17F2NO3S. The molecule has 0 aliphatic rings. The van der Waals surface area contributed by atoms with Crippen LogP contribution >= 0.6 is 0 Å². The van der Waals surface area contributed by atoms with Crippen LogP contribution in [-0.4, -0.2) is 27.3 Å². The zero-order chi connectivity index (χ0) is 16.7. The third kappa shape index (κ3) is 5.96. The summed E-state index contributed by atoms with van der Waals surface area (Å²) in [5.41, 5.74) is 0.456. The fraction of sp³-hybridized carbons (Fsp3) is 0.250. The van der Waals surface area contributed by atoms with Gasteiger partial charge in [0.05, 0.1) is 5.75 Å². The molecule has 1 N–H and O–H groups in total. The molecule has 0 aliphatic carbocycles. The van der Waals surface area contributed by atoms with E-state index in [-0.39, 0.29) is 37.0 Å². The lowest BCUT2D eigenvalue weighted by Gasteiger charge is -2.09. The van der Waals surface area contributed by atoms with Crippen LogP contribution in [0.5, 0.6) is 5.75 Å². The van der Waals surface area contributed by atoms with Gasteiger partial charge in [0.1, 0.15) is 24.0 Å². The van der Waals surface area contributed by atoms with E-state index in [9.17, 15) is 17.2 Å². The van der Waals surface area contributed by atoms with Gasteiger partial charge in [-0.25, -0.2) is 21.9 Å². The highest BCUT2D eigenvalue weighted by molar-refractivity contribution is 7.89. The maximum atomic E-state index is 13.4. The van der Waals surface area contributed by atoms with Gasteiger partial charge in [0.2, 0.25) is 10.0 Å². The van der Waals surface area contributed by atoms with Crippen molar-refractivity contribution in [3.05, 3.63) is 65.7 Å². The van der Waals surface area contributed by atoms with Crippen LogP contribution in [0.2, 0.25) is 0 Å². The molecule has 2 aromatic carbocycles. The topological polar surface area (TPSA) is 55.4 Å². The second-order valence-corrected chi connectivity index (χ2v) is 6.78. The number of nitrogens with one attached hydrogen (secondary N) is 1. The molecule has 0 amide bonds. The number of ether oxygens (including phenoxy) is 1.